The molecule has 0 fully saturated rings. The van der Waals surface area contributed by atoms with Crippen molar-refractivity contribution in [3.05, 3.63) is 22.3 Å². The zero-order chi connectivity index (χ0) is 13.7. The van der Waals surface area contributed by atoms with Crippen LogP contribution < -0.4 is 11.3 Å². The third-order valence-corrected chi connectivity index (χ3v) is 3.38. The molecule has 7 nitrogen and oxygen atoms in total. The van der Waals surface area contributed by atoms with Crippen molar-refractivity contribution in [1.82, 2.24) is 20.2 Å². The summed E-state index contributed by atoms with van der Waals surface area (Å²) in [6, 6.07) is 1.21. The molecule has 3 N–H and O–H groups in total. The fourth-order valence-corrected chi connectivity index (χ4v) is 2.29. The predicted molar refractivity (Wildman–Crippen MR) is 72.7 cm³/mol. The Morgan fingerprint density at radius 3 is 3.05 bits per heavy atom. The van der Waals surface area contributed by atoms with Crippen molar-refractivity contribution in [2.75, 3.05) is 11.5 Å². The van der Waals surface area contributed by atoms with E-state index >= 15 is 0 Å². The summed E-state index contributed by atoms with van der Waals surface area (Å²) in [4.78, 5) is 17.7. The molecular formula is C10H9N5O2S2. The van der Waals surface area contributed by atoms with Crippen LogP contribution in [-0.4, -0.2) is 25.9 Å². The van der Waals surface area contributed by atoms with E-state index in [4.69, 9.17) is 16.6 Å². The molecule has 0 aliphatic rings. The number of hydrogen-bond donors (Lipinski definition) is 2. The Morgan fingerprint density at radius 2 is 2.32 bits per heavy atom. The van der Waals surface area contributed by atoms with Crippen molar-refractivity contribution in [2.45, 2.75) is 16.1 Å². The van der Waals surface area contributed by atoms with Gasteiger partial charge in [-0.25, -0.2) is 4.98 Å². The number of anilines is 1. The first-order valence-corrected chi connectivity index (χ1v) is 7.03. The van der Waals surface area contributed by atoms with Crippen molar-refractivity contribution >= 4 is 29.3 Å². The largest absolute Gasteiger partial charge is 0.415 e. The number of nitrogens with two attached hydrogens (primary N) is 1. The lowest BCUT2D eigenvalue weighted by Crippen LogP contribution is -2.09. The van der Waals surface area contributed by atoms with Crippen LogP contribution in [0.15, 0.2) is 25.7 Å². The van der Waals surface area contributed by atoms with Crippen LogP contribution in [0.4, 0.5) is 5.82 Å². The molecule has 2 heterocycles. The number of H-pyrrole nitrogens is 1. The monoisotopic (exact) mass is 295 g/mol. The van der Waals surface area contributed by atoms with Crippen molar-refractivity contribution < 1.29 is 4.42 Å². The molecule has 2 rings (SSSR count). The molecule has 0 spiro atoms. The second kappa shape index (κ2) is 6.31. The molecule has 98 valence electrons. The summed E-state index contributed by atoms with van der Waals surface area (Å²) in [5.74, 6) is 3.91. The second-order valence-corrected chi connectivity index (χ2v) is 5.11. The molecule has 0 atom stereocenters. The van der Waals surface area contributed by atoms with Gasteiger partial charge in [0.2, 0.25) is 5.89 Å². The van der Waals surface area contributed by atoms with Crippen molar-refractivity contribution in [2.24, 2.45) is 0 Å². The standard InChI is InChI=1S/C10H9N5O2S2/c1-2-3-18-10-15-14-8(17-10)5-19-9-12-6(11)4-7(16)13-9/h1,4H,3,5H2,(H3,11,12,13,16). The van der Waals surface area contributed by atoms with Gasteiger partial charge in [0.25, 0.3) is 10.8 Å². The van der Waals surface area contributed by atoms with Crippen LogP contribution in [0.2, 0.25) is 0 Å². The van der Waals surface area contributed by atoms with Gasteiger partial charge in [-0.2, -0.15) is 0 Å². The first-order valence-electron chi connectivity index (χ1n) is 5.05. The molecule has 19 heavy (non-hydrogen) atoms. The molecule has 9 heteroatoms. The Labute approximate surface area is 116 Å². The molecule has 0 unspecified atom stereocenters. The van der Waals surface area contributed by atoms with Crippen LogP contribution in [-0.2, 0) is 5.75 Å². The highest BCUT2D eigenvalue weighted by Crippen LogP contribution is 2.21. The molecule has 2 aromatic heterocycles. The lowest BCUT2D eigenvalue weighted by atomic mass is 10.6. The minimum atomic E-state index is -0.300. The second-order valence-electron chi connectivity index (χ2n) is 3.22. The number of nitrogens with zero attached hydrogens (tertiary/aromatic N) is 3. The van der Waals surface area contributed by atoms with E-state index < -0.39 is 0 Å². The molecule has 2 aromatic rings. The summed E-state index contributed by atoms with van der Waals surface area (Å²) in [7, 11) is 0. The van der Waals surface area contributed by atoms with Gasteiger partial charge in [-0.15, -0.1) is 16.6 Å². The number of terminal acetylenes is 1. The van der Waals surface area contributed by atoms with E-state index in [0.717, 1.165) is 0 Å². The Kier molecular flexibility index (Phi) is 4.48. The Balaban J connectivity index is 1.96. The number of rotatable bonds is 5. The highest BCUT2D eigenvalue weighted by molar-refractivity contribution is 7.99. The van der Waals surface area contributed by atoms with E-state index in [2.05, 4.69) is 26.1 Å². The predicted octanol–water partition coefficient (Wildman–Crippen LogP) is 0.753. The summed E-state index contributed by atoms with van der Waals surface area (Å²) in [6.45, 7) is 0. The van der Waals surface area contributed by atoms with Gasteiger partial charge >= 0.3 is 0 Å². The third-order valence-electron chi connectivity index (χ3n) is 1.80. The van der Waals surface area contributed by atoms with Crippen molar-refractivity contribution in [3.8, 4) is 12.3 Å². The molecule has 0 aliphatic carbocycles. The maximum absolute atomic E-state index is 11.2. The Morgan fingerprint density at radius 1 is 1.47 bits per heavy atom. The van der Waals surface area contributed by atoms with Gasteiger partial charge in [0.1, 0.15) is 5.82 Å². The van der Waals surface area contributed by atoms with E-state index in [1.54, 1.807) is 0 Å². The average Bonchev–Trinajstić information content (AvgIpc) is 2.81. The number of aromatic nitrogens is 4. The lowest BCUT2D eigenvalue weighted by Gasteiger charge is -1.98. The molecule has 0 bridgehead atoms. The van der Waals surface area contributed by atoms with E-state index in [0.29, 0.717) is 27.8 Å². The van der Waals surface area contributed by atoms with Crippen LogP contribution >= 0.6 is 23.5 Å². The van der Waals surface area contributed by atoms with Crippen LogP contribution in [0.25, 0.3) is 0 Å². The van der Waals surface area contributed by atoms with E-state index in [-0.39, 0.29) is 11.4 Å². The number of nitrogens with one attached hydrogen (secondary N) is 1. The molecule has 0 saturated heterocycles. The highest BCUT2D eigenvalue weighted by atomic mass is 32.2. The first-order chi connectivity index (χ1) is 9.17. The number of nitrogen functional groups attached to an aromatic ring is 1. The molecule has 0 saturated carbocycles. The van der Waals surface area contributed by atoms with Crippen molar-refractivity contribution in [3.63, 3.8) is 0 Å². The Bertz CT molecular complexity index is 660. The van der Waals surface area contributed by atoms with Gasteiger partial charge in [0.15, 0.2) is 5.16 Å². The van der Waals surface area contributed by atoms with Gasteiger partial charge in [-0.1, -0.05) is 29.4 Å². The van der Waals surface area contributed by atoms with Crippen LogP contribution in [0, 0.1) is 12.3 Å². The van der Waals surface area contributed by atoms with E-state index in [1.807, 2.05) is 0 Å². The van der Waals surface area contributed by atoms with Gasteiger partial charge in [-0.3, -0.25) is 4.79 Å². The minimum Gasteiger partial charge on any atom is -0.415 e. The summed E-state index contributed by atoms with van der Waals surface area (Å²) >= 11 is 2.54. The maximum Gasteiger partial charge on any atom is 0.277 e. The molecule has 0 radical (unpaired) electrons. The minimum absolute atomic E-state index is 0.169. The molecular weight excluding hydrogens is 286 g/mol. The van der Waals surface area contributed by atoms with Crippen molar-refractivity contribution in [1.29, 1.82) is 0 Å². The fraction of sp³-hybridized carbons (Fsp3) is 0.200. The normalized spacial score (nSPS) is 10.3. The molecule has 0 aliphatic heterocycles. The van der Waals surface area contributed by atoms with Crippen LogP contribution in [0.3, 0.4) is 0 Å². The van der Waals surface area contributed by atoms with Crippen LogP contribution in [0.5, 0.6) is 0 Å². The number of aromatic amines is 1. The zero-order valence-electron chi connectivity index (χ0n) is 9.62. The summed E-state index contributed by atoms with van der Waals surface area (Å²) in [6.07, 6.45) is 5.13. The average molecular weight is 295 g/mol. The molecule has 0 amide bonds. The summed E-state index contributed by atoms with van der Waals surface area (Å²) in [5.41, 5.74) is 5.17. The van der Waals surface area contributed by atoms with Gasteiger partial charge in [-0.05, 0) is 0 Å². The summed E-state index contributed by atoms with van der Waals surface area (Å²) in [5, 5.41) is 8.50. The van der Waals surface area contributed by atoms with Gasteiger partial charge in [0.05, 0.1) is 11.5 Å². The number of hydrogen-bond acceptors (Lipinski definition) is 8. The van der Waals surface area contributed by atoms with Crippen LogP contribution in [0.1, 0.15) is 5.89 Å². The quantitative estimate of drug-likeness (QED) is 0.472. The number of thioether (sulfide) groups is 2. The van der Waals surface area contributed by atoms with Gasteiger partial charge < -0.3 is 15.1 Å². The SMILES string of the molecule is C#CCSc1nnc(CSc2nc(N)cc(=O)[nH]2)o1. The van der Waals surface area contributed by atoms with E-state index in [9.17, 15) is 4.79 Å². The lowest BCUT2D eigenvalue weighted by molar-refractivity contribution is 0.427. The summed E-state index contributed by atoms with van der Waals surface area (Å²) < 4.78 is 5.34. The smallest absolute Gasteiger partial charge is 0.277 e. The van der Waals surface area contributed by atoms with Gasteiger partial charge in [0, 0.05) is 6.07 Å². The highest BCUT2D eigenvalue weighted by Gasteiger charge is 2.08. The van der Waals surface area contributed by atoms with E-state index in [1.165, 1.54) is 29.6 Å². The topological polar surface area (TPSA) is 111 Å². The fourth-order valence-electron chi connectivity index (χ4n) is 1.11. The third kappa shape index (κ3) is 4.04. The Hall–Kier alpha value is -1.92. The zero-order valence-corrected chi connectivity index (χ0v) is 11.3. The first kappa shape index (κ1) is 13.5. The molecule has 0 aromatic carbocycles. The maximum atomic E-state index is 11.2.